The summed E-state index contributed by atoms with van der Waals surface area (Å²) in [4.78, 5) is 31.9. The minimum absolute atomic E-state index is 0.111. The minimum atomic E-state index is -1.37. The molecule has 1 amide bonds. The summed E-state index contributed by atoms with van der Waals surface area (Å²) >= 11 is 0. The molecule has 0 aliphatic rings. The predicted molar refractivity (Wildman–Crippen MR) is 50.4 cm³/mol. The van der Waals surface area contributed by atoms with Crippen LogP contribution in [0.3, 0.4) is 0 Å². The van der Waals surface area contributed by atoms with Gasteiger partial charge in [0, 0.05) is 13.0 Å². The van der Waals surface area contributed by atoms with Crippen molar-refractivity contribution < 1.29 is 24.6 Å². The van der Waals surface area contributed by atoms with E-state index in [4.69, 9.17) is 10.2 Å². The molecule has 0 aliphatic heterocycles. The molecule has 0 spiro atoms. The molecular formula is C8H14N2O5. The first-order chi connectivity index (χ1) is 6.97. The number of amides is 1. The van der Waals surface area contributed by atoms with Gasteiger partial charge in [0.15, 0.2) is 0 Å². The van der Waals surface area contributed by atoms with Crippen molar-refractivity contribution in [1.82, 2.24) is 10.6 Å². The molecule has 0 heterocycles. The lowest BCUT2D eigenvalue weighted by Gasteiger charge is -2.11. The Labute approximate surface area is 86.5 Å². The Balaban J connectivity index is 4.10. The van der Waals surface area contributed by atoms with Crippen LogP contribution in [-0.4, -0.2) is 47.7 Å². The van der Waals surface area contributed by atoms with Gasteiger partial charge >= 0.3 is 11.9 Å². The number of aliphatic carboxylic acids is 2. The number of carbonyl (C=O) groups excluding carboxylic acids is 1. The molecule has 0 aromatic rings. The van der Waals surface area contributed by atoms with Crippen LogP contribution in [0.1, 0.15) is 12.8 Å². The fourth-order valence-electron chi connectivity index (χ4n) is 0.880. The van der Waals surface area contributed by atoms with Crippen molar-refractivity contribution in [1.29, 1.82) is 0 Å². The molecule has 15 heavy (non-hydrogen) atoms. The largest absolute Gasteiger partial charge is 0.481 e. The third-order valence-electron chi connectivity index (χ3n) is 1.61. The number of carboxylic acid groups (broad SMARTS) is 2. The second-order valence-electron chi connectivity index (χ2n) is 2.91. The highest BCUT2D eigenvalue weighted by Crippen LogP contribution is 1.93. The summed E-state index contributed by atoms with van der Waals surface area (Å²) in [6.45, 7) is 0.408. The summed E-state index contributed by atoms with van der Waals surface area (Å²) in [7, 11) is 1.65. The molecule has 0 radical (unpaired) electrons. The predicted octanol–water partition coefficient (Wildman–Crippen LogP) is -1.36. The molecule has 1 unspecified atom stereocenters. The van der Waals surface area contributed by atoms with Crippen LogP contribution >= 0.6 is 0 Å². The van der Waals surface area contributed by atoms with Gasteiger partial charge < -0.3 is 20.8 Å². The normalized spacial score (nSPS) is 11.8. The Kier molecular flexibility index (Phi) is 6.03. The molecule has 0 aliphatic carbocycles. The zero-order valence-corrected chi connectivity index (χ0v) is 8.32. The minimum Gasteiger partial charge on any atom is -0.481 e. The molecule has 0 saturated heterocycles. The van der Waals surface area contributed by atoms with E-state index in [9.17, 15) is 14.4 Å². The number of nitrogens with one attached hydrogen (secondary N) is 2. The Morgan fingerprint density at radius 3 is 2.27 bits per heavy atom. The number of carbonyl (C=O) groups is 3. The molecule has 86 valence electrons. The molecule has 4 N–H and O–H groups in total. The highest BCUT2D eigenvalue weighted by atomic mass is 16.4. The summed E-state index contributed by atoms with van der Waals surface area (Å²) in [5, 5.41) is 21.8. The van der Waals surface area contributed by atoms with Gasteiger partial charge in [-0.25, -0.2) is 4.79 Å². The second kappa shape index (κ2) is 6.77. The zero-order chi connectivity index (χ0) is 11.8. The van der Waals surface area contributed by atoms with Crippen LogP contribution < -0.4 is 10.6 Å². The van der Waals surface area contributed by atoms with Gasteiger partial charge in [-0.15, -0.1) is 0 Å². The molecule has 1 atom stereocenters. The van der Waals surface area contributed by atoms with E-state index in [1.165, 1.54) is 0 Å². The molecule has 7 heteroatoms. The van der Waals surface area contributed by atoms with E-state index < -0.39 is 30.3 Å². The van der Waals surface area contributed by atoms with Gasteiger partial charge in [0.2, 0.25) is 5.91 Å². The van der Waals surface area contributed by atoms with Crippen LogP contribution in [0.5, 0.6) is 0 Å². The van der Waals surface area contributed by atoms with E-state index in [2.05, 4.69) is 10.6 Å². The SMILES string of the molecule is CNCCC(=O)NC(CC(=O)O)C(=O)O. The second-order valence-corrected chi connectivity index (χ2v) is 2.91. The quantitative estimate of drug-likeness (QED) is 0.419. The van der Waals surface area contributed by atoms with Crippen molar-refractivity contribution in [3.8, 4) is 0 Å². The first-order valence-electron chi connectivity index (χ1n) is 4.36. The first kappa shape index (κ1) is 13.4. The van der Waals surface area contributed by atoms with Gasteiger partial charge in [-0.05, 0) is 7.05 Å². The van der Waals surface area contributed by atoms with Gasteiger partial charge in [-0.2, -0.15) is 0 Å². The average molecular weight is 218 g/mol. The molecule has 0 bridgehead atoms. The molecule has 0 saturated carbocycles. The molecule has 7 nitrogen and oxygen atoms in total. The third kappa shape index (κ3) is 6.44. The standard InChI is InChI=1S/C8H14N2O5/c1-9-3-2-6(11)10-5(8(14)15)4-7(12)13/h5,9H,2-4H2,1H3,(H,10,11)(H,12,13)(H,14,15). The van der Waals surface area contributed by atoms with E-state index in [1.54, 1.807) is 7.05 Å². The van der Waals surface area contributed by atoms with E-state index in [-0.39, 0.29) is 6.42 Å². The maximum atomic E-state index is 11.1. The molecule has 0 aromatic carbocycles. The maximum Gasteiger partial charge on any atom is 0.326 e. The van der Waals surface area contributed by atoms with Crippen LogP contribution in [0.25, 0.3) is 0 Å². The number of hydrogen-bond donors (Lipinski definition) is 4. The van der Waals surface area contributed by atoms with Gasteiger partial charge in [0.05, 0.1) is 6.42 Å². The highest BCUT2D eigenvalue weighted by molar-refractivity contribution is 5.86. The van der Waals surface area contributed by atoms with Crippen LogP contribution in [0, 0.1) is 0 Å². The topological polar surface area (TPSA) is 116 Å². The van der Waals surface area contributed by atoms with Crippen molar-refractivity contribution >= 4 is 17.8 Å². The van der Waals surface area contributed by atoms with Crippen molar-refractivity contribution in [2.75, 3.05) is 13.6 Å². The van der Waals surface area contributed by atoms with Crippen molar-refractivity contribution in [3.63, 3.8) is 0 Å². The van der Waals surface area contributed by atoms with Crippen molar-refractivity contribution in [2.45, 2.75) is 18.9 Å². The van der Waals surface area contributed by atoms with Crippen LogP contribution in [0.2, 0.25) is 0 Å². The third-order valence-corrected chi connectivity index (χ3v) is 1.61. The van der Waals surface area contributed by atoms with Crippen molar-refractivity contribution in [3.05, 3.63) is 0 Å². The van der Waals surface area contributed by atoms with E-state index >= 15 is 0 Å². The van der Waals surface area contributed by atoms with Crippen LogP contribution in [0.15, 0.2) is 0 Å². The monoisotopic (exact) mass is 218 g/mol. The van der Waals surface area contributed by atoms with Crippen molar-refractivity contribution in [2.24, 2.45) is 0 Å². The Morgan fingerprint density at radius 1 is 1.27 bits per heavy atom. The molecule has 0 rings (SSSR count). The summed E-state index contributed by atoms with van der Waals surface area (Å²) in [5.74, 6) is -3.11. The molecular weight excluding hydrogens is 204 g/mol. The number of carboxylic acids is 2. The smallest absolute Gasteiger partial charge is 0.326 e. The zero-order valence-electron chi connectivity index (χ0n) is 8.32. The summed E-state index contributed by atoms with van der Waals surface area (Å²) in [6.07, 6.45) is -0.513. The average Bonchev–Trinajstić information content (AvgIpc) is 2.12. The van der Waals surface area contributed by atoms with E-state index in [0.29, 0.717) is 6.54 Å². The Hall–Kier alpha value is -1.63. The fraction of sp³-hybridized carbons (Fsp3) is 0.625. The molecule has 0 fully saturated rings. The Bertz CT molecular complexity index is 253. The summed E-state index contributed by atoms with van der Waals surface area (Å²) in [5.41, 5.74) is 0. The van der Waals surface area contributed by atoms with E-state index in [1.807, 2.05) is 0 Å². The van der Waals surface area contributed by atoms with Gasteiger partial charge in [-0.3, -0.25) is 9.59 Å². The lowest BCUT2D eigenvalue weighted by atomic mass is 10.2. The summed E-state index contributed by atoms with van der Waals surface area (Å²) in [6, 6.07) is -1.37. The fourth-order valence-corrected chi connectivity index (χ4v) is 0.880. The van der Waals surface area contributed by atoms with Gasteiger partial charge in [0.25, 0.3) is 0 Å². The first-order valence-corrected chi connectivity index (χ1v) is 4.36. The van der Waals surface area contributed by atoms with Gasteiger partial charge in [0.1, 0.15) is 6.04 Å². The molecule has 0 aromatic heterocycles. The number of hydrogen-bond acceptors (Lipinski definition) is 4. The number of rotatable bonds is 7. The lowest BCUT2D eigenvalue weighted by Crippen LogP contribution is -2.42. The maximum absolute atomic E-state index is 11.1. The van der Waals surface area contributed by atoms with Gasteiger partial charge in [-0.1, -0.05) is 0 Å². The van der Waals surface area contributed by atoms with Crippen LogP contribution in [0.4, 0.5) is 0 Å². The van der Waals surface area contributed by atoms with E-state index in [0.717, 1.165) is 0 Å². The highest BCUT2D eigenvalue weighted by Gasteiger charge is 2.22. The van der Waals surface area contributed by atoms with Crippen LogP contribution in [-0.2, 0) is 14.4 Å². The lowest BCUT2D eigenvalue weighted by molar-refractivity contribution is -0.147. The summed E-state index contributed by atoms with van der Waals surface area (Å²) < 4.78 is 0. The Morgan fingerprint density at radius 2 is 1.87 bits per heavy atom.